The van der Waals surface area contributed by atoms with E-state index in [1.807, 2.05) is 25.1 Å². The molecule has 10 nitrogen and oxygen atoms in total. The molecule has 3 heterocycles. The Morgan fingerprint density at radius 3 is 2.57 bits per heavy atom. The summed E-state index contributed by atoms with van der Waals surface area (Å²) < 4.78 is 24.1. The Morgan fingerprint density at radius 1 is 1.08 bits per heavy atom. The van der Waals surface area contributed by atoms with E-state index in [2.05, 4.69) is 5.32 Å². The predicted octanol–water partition coefficient (Wildman–Crippen LogP) is 2.29. The van der Waals surface area contributed by atoms with Gasteiger partial charge in [-0.15, -0.1) is 0 Å². The average molecular weight is 512 g/mol. The molecule has 0 aromatic heterocycles. The number of benzene rings is 2. The smallest absolute Gasteiger partial charge is 0.334 e. The number of urea groups is 1. The van der Waals surface area contributed by atoms with Crippen LogP contribution in [0.2, 0.25) is 0 Å². The maximum Gasteiger partial charge on any atom is 0.334 e. The normalized spacial score (nSPS) is 21.3. The highest BCUT2D eigenvalue weighted by Crippen LogP contribution is 2.34. The summed E-state index contributed by atoms with van der Waals surface area (Å²) in [6.45, 7) is 2.77. The van der Waals surface area contributed by atoms with Gasteiger partial charge in [-0.05, 0) is 41.8 Å². The van der Waals surface area contributed by atoms with Gasteiger partial charge in [-0.25, -0.2) is 19.2 Å². The molecule has 4 amide bonds. The second-order valence-electron chi connectivity index (χ2n) is 9.44. The first-order valence-electron chi connectivity index (χ1n) is 12.4. The molecule has 37 heavy (non-hydrogen) atoms. The fourth-order valence-electron chi connectivity index (χ4n) is 5.12. The molecule has 5 rings (SSSR count). The van der Waals surface area contributed by atoms with Crippen molar-refractivity contribution in [3.8, 4) is 11.5 Å². The second-order valence-corrected chi connectivity index (χ2v) is 9.44. The minimum atomic E-state index is -0.664. The zero-order valence-corrected chi connectivity index (χ0v) is 20.9. The lowest BCUT2D eigenvalue weighted by molar-refractivity contribution is -0.188. The summed E-state index contributed by atoms with van der Waals surface area (Å²) >= 11 is 0. The Bertz CT molecular complexity index is 1190. The van der Waals surface area contributed by atoms with Gasteiger partial charge in [-0.3, -0.25) is 9.59 Å². The Balaban J connectivity index is 1.38. The first-order valence-corrected chi connectivity index (χ1v) is 12.4. The van der Waals surface area contributed by atoms with E-state index in [4.69, 9.17) is 9.47 Å². The van der Waals surface area contributed by atoms with E-state index >= 15 is 0 Å². The van der Waals surface area contributed by atoms with Crippen molar-refractivity contribution in [3.63, 3.8) is 0 Å². The van der Waals surface area contributed by atoms with Gasteiger partial charge in [0.25, 0.3) is 0 Å². The van der Waals surface area contributed by atoms with Crippen LogP contribution in [-0.4, -0.2) is 76.8 Å². The van der Waals surface area contributed by atoms with Crippen LogP contribution in [0.3, 0.4) is 0 Å². The van der Waals surface area contributed by atoms with Crippen molar-refractivity contribution in [3.05, 3.63) is 59.4 Å². The largest absolute Gasteiger partial charge is 0.454 e. The number of amides is 4. The van der Waals surface area contributed by atoms with E-state index in [0.717, 1.165) is 11.1 Å². The van der Waals surface area contributed by atoms with Gasteiger partial charge in [0.15, 0.2) is 11.5 Å². The number of hydrogen-bond donors (Lipinski definition) is 1. The number of rotatable bonds is 6. The third-order valence-electron chi connectivity index (χ3n) is 6.88. The van der Waals surface area contributed by atoms with Crippen LogP contribution < -0.4 is 14.8 Å². The van der Waals surface area contributed by atoms with Crippen LogP contribution in [0, 0.1) is 5.82 Å². The quantitative estimate of drug-likeness (QED) is 0.640. The van der Waals surface area contributed by atoms with E-state index in [1.165, 1.54) is 17.1 Å². The zero-order valence-electron chi connectivity index (χ0n) is 20.9. The number of hydrogen-bond acceptors (Lipinski definition) is 6. The molecule has 0 aliphatic carbocycles. The lowest BCUT2D eigenvalue weighted by Crippen LogP contribution is -2.75. The molecular formula is C26H30FN5O5. The number of carbonyl (C=O) groups is 3. The van der Waals surface area contributed by atoms with Gasteiger partial charge in [0.05, 0.1) is 13.1 Å². The standard InChI is InChI=1S/C26H30FN5O5/c1-3-4-20-25(34)30(13-18-7-10-21-22(11-18)37-16-36-21)14-23-31(20)24(33)15-29(2)32(23)26(35)28-12-17-5-8-19(27)9-6-17/h5-11,20,23H,3-4,12-16H2,1-2H3,(H,28,35)/t20-,23-/m0/s1. The lowest BCUT2D eigenvalue weighted by atomic mass is 10.0. The van der Waals surface area contributed by atoms with Crippen LogP contribution in [0.5, 0.6) is 11.5 Å². The molecule has 3 aliphatic heterocycles. The van der Waals surface area contributed by atoms with E-state index in [1.54, 1.807) is 34.0 Å². The molecule has 3 aliphatic rings. The van der Waals surface area contributed by atoms with E-state index in [0.29, 0.717) is 30.9 Å². The highest BCUT2D eigenvalue weighted by atomic mass is 19.1. The van der Waals surface area contributed by atoms with Gasteiger partial charge >= 0.3 is 6.03 Å². The number of nitrogens with one attached hydrogen (secondary N) is 1. The molecule has 2 atom stereocenters. The van der Waals surface area contributed by atoms with Crippen LogP contribution in [0.15, 0.2) is 42.5 Å². The molecule has 0 unspecified atom stereocenters. The number of piperazine rings is 1. The monoisotopic (exact) mass is 511 g/mol. The van der Waals surface area contributed by atoms with Crippen molar-refractivity contribution in [1.29, 1.82) is 0 Å². The summed E-state index contributed by atoms with van der Waals surface area (Å²) in [5, 5.41) is 5.96. The maximum absolute atomic E-state index is 13.6. The SMILES string of the molecule is CCC[C@H]1C(=O)N(Cc2ccc3c(c2)OCO3)C[C@H]2N1C(=O)CN(C)N2C(=O)NCc1ccc(F)cc1. The fraction of sp³-hybridized carbons (Fsp3) is 0.423. The molecule has 11 heteroatoms. The molecule has 2 fully saturated rings. The summed E-state index contributed by atoms with van der Waals surface area (Å²) in [6, 6.07) is 10.4. The van der Waals surface area contributed by atoms with Crippen LogP contribution in [0.1, 0.15) is 30.9 Å². The summed E-state index contributed by atoms with van der Waals surface area (Å²) in [7, 11) is 1.68. The molecule has 0 saturated carbocycles. The summed E-state index contributed by atoms with van der Waals surface area (Å²) in [5.74, 6) is 0.608. The minimum Gasteiger partial charge on any atom is -0.454 e. The number of carbonyl (C=O) groups excluding carboxylic acids is 3. The molecule has 2 aromatic carbocycles. The third kappa shape index (κ3) is 4.91. The van der Waals surface area contributed by atoms with Crippen LogP contribution >= 0.6 is 0 Å². The highest BCUT2D eigenvalue weighted by Gasteiger charge is 2.50. The molecule has 2 aromatic rings. The van der Waals surface area contributed by atoms with E-state index < -0.39 is 18.2 Å². The lowest BCUT2D eigenvalue weighted by Gasteiger charge is -2.54. The first kappa shape index (κ1) is 24.8. The van der Waals surface area contributed by atoms with E-state index in [9.17, 15) is 18.8 Å². The Hall–Kier alpha value is -3.86. The molecular weight excluding hydrogens is 481 g/mol. The number of nitrogens with zero attached hydrogens (tertiary/aromatic N) is 4. The van der Waals surface area contributed by atoms with Gasteiger partial charge in [-0.2, -0.15) is 0 Å². The van der Waals surface area contributed by atoms with Crippen molar-refractivity contribution in [1.82, 2.24) is 25.1 Å². The second kappa shape index (κ2) is 10.3. The van der Waals surface area contributed by atoms with Gasteiger partial charge in [-0.1, -0.05) is 31.5 Å². The van der Waals surface area contributed by atoms with Crippen molar-refractivity contribution in [2.75, 3.05) is 26.9 Å². The Morgan fingerprint density at radius 2 is 1.81 bits per heavy atom. The highest BCUT2D eigenvalue weighted by molar-refractivity contribution is 5.91. The van der Waals surface area contributed by atoms with Crippen LogP contribution in [-0.2, 0) is 22.7 Å². The van der Waals surface area contributed by atoms with Crippen molar-refractivity contribution in [2.24, 2.45) is 0 Å². The first-order chi connectivity index (χ1) is 17.9. The molecule has 196 valence electrons. The number of halogens is 1. The number of ether oxygens (including phenoxy) is 2. The topological polar surface area (TPSA) is 94.7 Å². The van der Waals surface area contributed by atoms with Crippen molar-refractivity contribution in [2.45, 2.75) is 45.1 Å². The third-order valence-corrected chi connectivity index (χ3v) is 6.88. The number of likely N-dealkylation sites (N-methyl/N-ethyl adjacent to an activating group) is 1. The summed E-state index contributed by atoms with van der Waals surface area (Å²) in [6.07, 6.45) is 0.535. The van der Waals surface area contributed by atoms with Crippen LogP contribution in [0.4, 0.5) is 9.18 Å². The van der Waals surface area contributed by atoms with Gasteiger partial charge in [0.2, 0.25) is 18.6 Å². The van der Waals surface area contributed by atoms with Gasteiger partial charge in [0, 0.05) is 20.1 Å². The van der Waals surface area contributed by atoms with E-state index in [-0.39, 0.29) is 44.1 Å². The summed E-state index contributed by atoms with van der Waals surface area (Å²) in [4.78, 5) is 43.3. The average Bonchev–Trinajstić information content (AvgIpc) is 3.34. The predicted molar refractivity (Wildman–Crippen MR) is 130 cm³/mol. The van der Waals surface area contributed by atoms with Crippen LogP contribution in [0.25, 0.3) is 0 Å². The maximum atomic E-state index is 13.6. The summed E-state index contributed by atoms with van der Waals surface area (Å²) in [5.41, 5.74) is 1.61. The Kier molecular flexibility index (Phi) is 6.88. The fourth-order valence-corrected chi connectivity index (χ4v) is 5.12. The minimum absolute atomic E-state index is 0.0177. The van der Waals surface area contributed by atoms with Crippen molar-refractivity contribution >= 4 is 17.8 Å². The Labute approximate surface area is 214 Å². The van der Waals surface area contributed by atoms with Gasteiger partial charge in [0.1, 0.15) is 18.0 Å². The van der Waals surface area contributed by atoms with Gasteiger partial charge < -0.3 is 24.6 Å². The zero-order chi connectivity index (χ0) is 26.1. The van der Waals surface area contributed by atoms with Crippen molar-refractivity contribution < 1.29 is 28.2 Å². The number of hydrazine groups is 1. The molecule has 2 saturated heterocycles. The molecule has 0 bridgehead atoms. The molecule has 1 N–H and O–H groups in total. The molecule has 0 spiro atoms. The molecule has 0 radical (unpaired) electrons. The number of fused-ring (bicyclic) bond motifs is 2.